The third-order valence-electron chi connectivity index (χ3n) is 6.10. The summed E-state index contributed by atoms with van der Waals surface area (Å²) in [6.45, 7) is 12.1. The van der Waals surface area contributed by atoms with Gasteiger partial charge in [0.2, 0.25) is 0 Å². The highest BCUT2D eigenvalue weighted by molar-refractivity contribution is 5.14. The van der Waals surface area contributed by atoms with Crippen LogP contribution in [-0.4, -0.2) is 38.6 Å². The molecule has 39 heavy (non-hydrogen) atoms. The van der Waals surface area contributed by atoms with Gasteiger partial charge in [-0.2, -0.15) is 0 Å². The van der Waals surface area contributed by atoms with Crippen LogP contribution in [-0.2, 0) is 21.1 Å². The van der Waals surface area contributed by atoms with Gasteiger partial charge >= 0.3 is 17.1 Å². The minimum Gasteiger partial charge on any atom is -0.349 e. The number of imidazole rings is 1. The summed E-state index contributed by atoms with van der Waals surface area (Å²) >= 11 is 0. The number of rotatable bonds is 0. The van der Waals surface area contributed by atoms with Gasteiger partial charge < -0.3 is 19.5 Å². The Hall–Kier alpha value is -4.75. The summed E-state index contributed by atoms with van der Waals surface area (Å²) in [6.07, 6.45) is 3.53. The van der Waals surface area contributed by atoms with Crippen molar-refractivity contribution in [2.45, 2.75) is 48.5 Å². The zero-order valence-electron chi connectivity index (χ0n) is 23.9. The SMILES string of the molecule is Cc1[nH]c(=O)[nH]c(=O)c1C.Cc1[nH]c(=O)n(C)c(=O)c1C.Cc1c(C)n(C)c(=O)n(C)c1=O.Cc1ncc[nH]1. The van der Waals surface area contributed by atoms with Crippen LogP contribution in [0, 0.1) is 48.5 Å². The number of nitrogens with zero attached hydrogens (tertiary/aromatic N) is 4. The largest absolute Gasteiger partial charge is 0.349 e. The summed E-state index contributed by atoms with van der Waals surface area (Å²) in [5.74, 6) is 0.968. The molecule has 4 aromatic heterocycles. The van der Waals surface area contributed by atoms with Gasteiger partial charge in [0, 0.05) is 67.3 Å². The molecule has 4 heterocycles. The number of hydrogen-bond donors (Lipinski definition) is 4. The fourth-order valence-corrected chi connectivity index (χ4v) is 2.96. The van der Waals surface area contributed by atoms with E-state index < -0.39 is 5.69 Å². The van der Waals surface area contributed by atoms with Crippen molar-refractivity contribution in [3.05, 3.63) is 115 Å². The van der Waals surface area contributed by atoms with E-state index in [0.29, 0.717) is 28.1 Å². The first-order valence-corrected chi connectivity index (χ1v) is 11.8. The van der Waals surface area contributed by atoms with E-state index in [0.717, 1.165) is 20.7 Å². The number of aryl methyl sites for hydroxylation is 3. The maximum atomic E-state index is 11.3. The number of aromatic nitrogens is 8. The summed E-state index contributed by atoms with van der Waals surface area (Å²) in [6, 6.07) is 0. The van der Waals surface area contributed by atoms with E-state index in [1.54, 1.807) is 61.0 Å². The van der Waals surface area contributed by atoms with Gasteiger partial charge in [0.1, 0.15) is 5.82 Å². The molecule has 0 amide bonds. The average Bonchev–Trinajstić information content (AvgIpc) is 3.38. The molecule has 0 atom stereocenters. The third-order valence-corrected chi connectivity index (χ3v) is 6.10. The average molecular weight is 545 g/mol. The Bertz CT molecular complexity index is 1740. The Balaban J connectivity index is 0.000000266. The molecule has 212 valence electrons. The number of hydrogen-bond acceptors (Lipinski definition) is 7. The predicted octanol–water partition coefficient (Wildman–Crippen LogP) is -0.211. The molecule has 0 saturated carbocycles. The maximum absolute atomic E-state index is 11.3. The fraction of sp³-hybridized carbons (Fsp3) is 0.400. The van der Waals surface area contributed by atoms with Gasteiger partial charge in [-0.3, -0.25) is 28.5 Å². The minimum absolute atomic E-state index is 0.212. The second-order valence-electron chi connectivity index (χ2n) is 8.79. The van der Waals surface area contributed by atoms with Crippen LogP contribution in [0.4, 0.5) is 0 Å². The zero-order chi connectivity index (χ0) is 30.2. The molecule has 14 heteroatoms. The quantitative estimate of drug-likeness (QED) is 0.235. The normalized spacial score (nSPS) is 9.90. The van der Waals surface area contributed by atoms with E-state index >= 15 is 0 Å². The molecular weight excluding hydrogens is 508 g/mol. The second-order valence-corrected chi connectivity index (χ2v) is 8.79. The number of aromatic amines is 4. The highest BCUT2D eigenvalue weighted by Crippen LogP contribution is 1.94. The van der Waals surface area contributed by atoms with Gasteiger partial charge in [-0.05, 0) is 48.5 Å². The first kappa shape index (κ1) is 32.3. The van der Waals surface area contributed by atoms with Crippen molar-refractivity contribution < 1.29 is 0 Å². The van der Waals surface area contributed by atoms with Crippen LogP contribution in [0.3, 0.4) is 0 Å². The Morgan fingerprint density at radius 1 is 0.641 bits per heavy atom. The van der Waals surface area contributed by atoms with Crippen molar-refractivity contribution in [2.75, 3.05) is 0 Å². The Morgan fingerprint density at radius 2 is 1.18 bits per heavy atom. The van der Waals surface area contributed by atoms with Crippen molar-refractivity contribution in [3.63, 3.8) is 0 Å². The molecule has 0 aliphatic carbocycles. The van der Waals surface area contributed by atoms with Gasteiger partial charge in [-0.15, -0.1) is 0 Å². The Labute approximate surface area is 223 Å². The molecule has 0 bridgehead atoms. The maximum Gasteiger partial charge on any atom is 0.330 e. The lowest BCUT2D eigenvalue weighted by atomic mass is 10.2. The molecule has 0 fully saturated rings. The molecule has 4 aromatic rings. The Morgan fingerprint density at radius 3 is 1.64 bits per heavy atom. The fourth-order valence-electron chi connectivity index (χ4n) is 2.96. The summed E-state index contributed by atoms with van der Waals surface area (Å²) in [7, 11) is 4.59. The van der Waals surface area contributed by atoms with E-state index in [9.17, 15) is 28.8 Å². The van der Waals surface area contributed by atoms with Crippen LogP contribution in [0.25, 0.3) is 0 Å². The molecule has 0 saturated heterocycles. The van der Waals surface area contributed by atoms with Gasteiger partial charge in [0.25, 0.3) is 16.7 Å². The smallest absolute Gasteiger partial charge is 0.330 e. The second kappa shape index (κ2) is 13.7. The molecule has 0 aliphatic heterocycles. The van der Waals surface area contributed by atoms with Crippen molar-refractivity contribution in [2.24, 2.45) is 21.1 Å². The van der Waals surface area contributed by atoms with Gasteiger partial charge in [-0.25, -0.2) is 19.4 Å². The monoisotopic (exact) mass is 544 g/mol. The minimum atomic E-state index is -0.451. The highest BCUT2D eigenvalue weighted by atomic mass is 16.2. The number of nitrogens with one attached hydrogen (secondary N) is 4. The van der Waals surface area contributed by atoms with Crippen LogP contribution in [0.1, 0.15) is 39.6 Å². The van der Waals surface area contributed by atoms with Gasteiger partial charge in [0.05, 0.1) is 0 Å². The van der Waals surface area contributed by atoms with Crippen molar-refractivity contribution in [3.8, 4) is 0 Å². The van der Waals surface area contributed by atoms with Crippen LogP contribution < -0.4 is 33.7 Å². The summed E-state index contributed by atoms with van der Waals surface area (Å²) in [5, 5.41) is 0. The molecule has 4 rings (SSSR count). The summed E-state index contributed by atoms with van der Waals surface area (Å²) < 4.78 is 3.64. The van der Waals surface area contributed by atoms with Gasteiger partial charge in [0.15, 0.2) is 0 Å². The van der Waals surface area contributed by atoms with Crippen molar-refractivity contribution in [1.82, 2.24) is 38.6 Å². The molecule has 0 aromatic carbocycles. The molecule has 0 aliphatic rings. The van der Waals surface area contributed by atoms with E-state index in [2.05, 4.69) is 24.9 Å². The molecule has 0 radical (unpaired) electrons. The number of H-pyrrole nitrogens is 4. The van der Waals surface area contributed by atoms with Crippen LogP contribution in [0.15, 0.2) is 41.2 Å². The topological polar surface area (TPSA) is 193 Å². The zero-order valence-corrected chi connectivity index (χ0v) is 23.9. The lowest BCUT2D eigenvalue weighted by Crippen LogP contribution is -2.39. The lowest BCUT2D eigenvalue weighted by Gasteiger charge is -2.07. The lowest BCUT2D eigenvalue weighted by molar-refractivity contribution is 0.658. The molecule has 0 spiro atoms. The van der Waals surface area contributed by atoms with E-state index in [4.69, 9.17) is 0 Å². The summed E-state index contributed by atoms with van der Waals surface area (Å²) in [4.78, 5) is 79.9. The van der Waals surface area contributed by atoms with Crippen LogP contribution in [0.5, 0.6) is 0 Å². The first-order chi connectivity index (χ1) is 18.0. The van der Waals surface area contributed by atoms with Crippen LogP contribution in [0.2, 0.25) is 0 Å². The standard InChI is InChI=1S/C8H12N2O2.C7H10N2O2.C6H8N2O2.C4H6N2/c1-5-6(2)9(3)8(12)10(4)7(5)11;1-4-5(2)8-7(11)9(3)6(4)10;1-3-4(2)7-6(10)8-5(3)9;1-4-5-2-3-6-4/h1-4H3;1-3H3,(H,8,11);1-2H3,(H2,7,8,9,10);2-3H,1H3,(H,5,6). The van der Waals surface area contributed by atoms with Crippen molar-refractivity contribution in [1.29, 1.82) is 0 Å². The van der Waals surface area contributed by atoms with Crippen LogP contribution >= 0.6 is 0 Å². The Kier molecular flexibility index (Phi) is 11.3. The van der Waals surface area contributed by atoms with Gasteiger partial charge in [-0.1, -0.05) is 0 Å². The van der Waals surface area contributed by atoms with E-state index in [-0.39, 0.29) is 28.1 Å². The first-order valence-electron chi connectivity index (χ1n) is 11.8. The third kappa shape index (κ3) is 8.38. The molecule has 14 nitrogen and oxygen atoms in total. The van der Waals surface area contributed by atoms with E-state index in [1.165, 1.54) is 18.7 Å². The molecule has 0 unspecified atom stereocenters. The summed E-state index contributed by atoms with van der Waals surface area (Å²) in [5.41, 5.74) is 1.90. The highest BCUT2D eigenvalue weighted by Gasteiger charge is 2.06. The molecule has 4 N–H and O–H groups in total. The predicted molar refractivity (Wildman–Crippen MR) is 149 cm³/mol. The molecular formula is C25H36N8O6. The van der Waals surface area contributed by atoms with Crippen molar-refractivity contribution >= 4 is 0 Å². The van der Waals surface area contributed by atoms with E-state index in [1.807, 2.05) is 6.92 Å².